The molecule has 0 aromatic rings. The van der Waals surface area contributed by atoms with Crippen molar-refractivity contribution in [2.45, 2.75) is 25.4 Å². The Hall–Kier alpha value is -0.610. The SMILES string of the molecule is COC(=O)CCO[C@H]1CCCNC1. The lowest BCUT2D eigenvalue weighted by molar-refractivity contribution is -0.142. The molecule has 0 bridgehead atoms. The quantitative estimate of drug-likeness (QED) is 0.644. The van der Waals surface area contributed by atoms with Crippen LogP contribution in [0.15, 0.2) is 0 Å². The smallest absolute Gasteiger partial charge is 0.307 e. The maximum Gasteiger partial charge on any atom is 0.307 e. The van der Waals surface area contributed by atoms with E-state index in [1.165, 1.54) is 7.11 Å². The number of rotatable bonds is 4. The molecule has 1 aliphatic rings. The maximum absolute atomic E-state index is 10.7. The van der Waals surface area contributed by atoms with Crippen LogP contribution in [0, 0.1) is 0 Å². The summed E-state index contributed by atoms with van der Waals surface area (Å²) >= 11 is 0. The van der Waals surface area contributed by atoms with Crippen molar-refractivity contribution in [1.82, 2.24) is 5.32 Å². The van der Waals surface area contributed by atoms with Crippen LogP contribution in [0.2, 0.25) is 0 Å². The topological polar surface area (TPSA) is 47.6 Å². The Morgan fingerprint density at radius 1 is 1.62 bits per heavy atom. The fourth-order valence-corrected chi connectivity index (χ4v) is 1.37. The van der Waals surface area contributed by atoms with Crippen LogP contribution >= 0.6 is 0 Å². The zero-order valence-electron chi connectivity index (χ0n) is 8.04. The molecule has 1 rings (SSSR count). The molecule has 76 valence electrons. The van der Waals surface area contributed by atoms with Crippen LogP contribution in [0.25, 0.3) is 0 Å². The molecule has 0 aromatic carbocycles. The first-order valence-electron chi connectivity index (χ1n) is 4.72. The van der Waals surface area contributed by atoms with E-state index in [0.717, 1.165) is 25.9 Å². The molecule has 1 fully saturated rings. The van der Waals surface area contributed by atoms with Crippen molar-refractivity contribution in [3.8, 4) is 0 Å². The molecule has 13 heavy (non-hydrogen) atoms. The molecule has 0 spiro atoms. The Bertz CT molecular complexity index is 155. The summed E-state index contributed by atoms with van der Waals surface area (Å²) in [7, 11) is 1.39. The lowest BCUT2D eigenvalue weighted by Crippen LogP contribution is -2.35. The van der Waals surface area contributed by atoms with E-state index >= 15 is 0 Å². The minimum absolute atomic E-state index is 0.205. The van der Waals surface area contributed by atoms with Gasteiger partial charge < -0.3 is 14.8 Å². The van der Waals surface area contributed by atoms with E-state index in [9.17, 15) is 4.79 Å². The third-order valence-corrected chi connectivity index (χ3v) is 2.14. The monoisotopic (exact) mass is 187 g/mol. The molecule has 0 aromatic heterocycles. The van der Waals surface area contributed by atoms with E-state index in [4.69, 9.17) is 4.74 Å². The minimum Gasteiger partial charge on any atom is -0.469 e. The van der Waals surface area contributed by atoms with Crippen LogP contribution in [0.1, 0.15) is 19.3 Å². The van der Waals surface area contributed by atoms with E-state index in [1.54, 1.807) is 0 Å². The molecule has 0 unspecified atom stereocenters. The average Bonchev–Trinajstić information content (AvgIpc) is 2.19. The first kappa shape index (κ1) is 10.5. The Balaban J connectivity index is 2.01. The first-order valence-corrected chi connectivity index (χ1v) is 4.72. The van der Waals surface area contributed by atoms with E-state index in [2.05, 4.69) is 10.1 Å². The molecule has 0 amide bonds. The number of hydrogen-bond donors (Lipinski definition) is 1. The summed E-state index contributed by atoms with van der Waals surface area (Å²) in [5, 5.41) is 3.25. The molecule has 4 heteroatoms. The largest absolute Gasteiger partial charge is 0.469 e. The van der Waals surface area contributed by atoms with Crippen molar-refractivity contribution < 1.29 is 14.3 Å². The summed E-state index contributed by atoms with van der Waals surface area (Å²) in [6.45, 7) is 2.46. The average molecular weight is 187 g/mol. The summed E-state index contributed by atoms with van der Waals surface area (Å²) in [4.78, 5) is 10.7. The molecule has 1 atom stereocenters. The highest BCUT2D eigenvalue weighted by molar-refractivity contribution is 5.69. The lowest BCUT2D eigenvalue weighted by atomic mass is 10.1. The van der Waals surface area contributed by atoms with Crippen LogP contribution in [0.3, 0.4) is 0 Å². The predicted molar refractivity (Wildman–Crippen MR) is 48.5 cm³/mol. The number of ether oxygens (including phenoxy) is 2. The third-order valence-electron chi connectivity index (χ3n) is 2.14. The fraction of sp³-hybridized carbons (Fsp3) is 0.889. The van der Waals surface area contributed by atoms with Gasteiger partial charge in [0.25, 0.3) is 0 Å². The number of carbonyl (C=O) groups is 1. The number of carbonyl (C=O) groups excluding carboxylic acids is 1. The van der Waals surface area contributed by atoms with E-state index < -0.39 is 0 Å². The van der Waals surface area contributed by atoms with Gasteiger partial charge in [-0.15, -0.1) is 0 Å². The Morgan fingerprint density at radius 3 is 3.08 bits per heavy atom. The molecular formula is C9H17NO3. The number of methoxy groups -OCH3 is 1. The Kier molecular flexibility index (Phi) is 4.78. The Morgan fingerprint density at radius 2 is 2.46 bits per heavy atom. The number of esters is 1. The van der Waals surface area contributed by atoms with Gasteiger partial charge in [0.15, 0.2) is 0 Å². The van der Waals surface area contributed by atoms with Gasteiger partial charge in [0.2, 0.25) is 0 Å². The van der Waals surface area contributed by atoms with Gasteiger partial charge in [-0.3, -0.25) is 4.79 Å². The number of nitrogens with one attached hydrogen (secondary N) is 1. The predicted octanol–water partition coefficient (Wildman–Crippen LogP) is 0.318. The first-order chi connectivity index (χ1) is 6.33. The van der Waals surface area contributed by atoms with Crippen molar-refractivity contribution in [1.29, 1.82) is 0 Å². The van der Waals surface area contributed by atoms with Gasteiger partial charge in [-0.05, 0) is 19.4 Å². The molecule has 1 saturated heterocycles. The summed E-state index contributed by atoms with van der Waals surface area (Å²) in [6.07, 6.45) is 2.88. The van der Waals surface area contributed by atoms with E-state index in [0.29, 0.717) is 13.0 Å². The second-order valence-electron chi connectivity index (χ2n) is 3.17. The molecule has 1 N–H and O–H groups in total. The molecule has 1 heterocycles. The normalized spacial score (nSPS) is 22.7. The van der Waals surface area contributed by atoms with Crippen molar-refractivity contribution in [3.63, 3.8) is 0 Å². The second-order valence-corrected chi connectivity index (χ2v) is 3.17. The maximum atomic E-state index is 10.7. The lowest BCUT2D eigenvalue weighted by Gasteiger charge is -2.22. The van der Waals surface area contributed by atoms with Gasteiger partial charge >= 0.3 is 5.97 Å². The molecule has 0 radical (unpaired) electrons. The highest BCUT2D eigenvalue weighted by Crippen LogP contribution is 2.06. The molecule has 1 aliphatic heterocycles. The van der Waals surface area contributed by atoms with Gasteiger partial charge in [0.05, 0.1) is 26.2 Å². The molecule has 4 nitrogen and oxygen atoms in total. The van der Waals surface area contributed by atoms with Crippen LogP contribution in [-0.4, -0.2) is 38.9 Å². The fourth-order valence-electron chi connectivity index (χ4n) is 1.37. The van der Waals surface area contributed by atoms with Gasteiger partial charge in [-0.25, -0.2) is 0 Å². The van der Waals surface area contributed by atoms with Crippen molar-refractivity contribution in [3.05, 3.63) is 0 Å². The van der Waals surface area contributed by atoms with Crippen LogP contribution in [0.5, 0.6) is 0 Å². The highest BCUT2D eigenvalue weighted by Gasteiger charge is 2.13. The van der Waals surface area contributed by atoms with Gasteiger partial charge in [0.1, 0.15) is 0 Å². The summed E-state index contributed by atoms with van der Waals surface area (Å²) in [5.74, 6) is -0.205. The van der Waals surface area contributed by atoms with Crippen LogP contribution in [0.4, 0.5) is 0 Å². The van der Waals surface area contributed by atoms with Crippen molar-refractivity contribution in [2.75, 3.05) is 26.8 Å². The molecular weight excluding hydrogens is 170 g/mol. The van der Waals surface area contributed by atoms with Crippen molar-refractivity contribution >= 4 is 5.97 Å². The zero-order chi connectivity index (χ0) is 9.52. The Labute approximate surface area is 78.6 Å². The van der Waals surface area contributed by atoms with Crippen LogP contribution in [-0.2, 0) is 14.3 Å². The van der Waals surface area contributed by atoms with E-state index in [1.807, 2.05) is 0 Å². The van der Waals surface area contributed by atoms with Gasteiger partial charge in [-0.2, -0.15) is 0 Å². The van der Waals surface area contributed by atoms with Gasteiger partial charge in [0, 0.05) is 6.54 Å². The standard InChI is InChI=1S/C9H17NO3/c1-12-9(11)4-6-13-8-3-2-5-10-7-8/h8,10H,2-7H2,1H3/t8-/m0/s1. The van der Waals surface area contributed by atoms with Gasteiger partial charge in [-0.1, -0.05) is 0 Å². The summed E-state index contributed by atoms with van der Waals surface area (Å²) in [5.41, 5.74) is 0. The number of piperidine rings is 1. The van der Waals surface area contributed by atoms with E-state index in [-0.39, 0.29) is 12.1 Å². The molecule has 0 saturated carbocycles. The van der Waals surface area contributed by atoms with Crippen LogP contribution < -0.4 is 5.32 Å². The molecule has 0 aliphatic carbocycles. The number of hydrogen-bond acceptors (Lipinski definition) is 4. The third kappa shape index (κ3) is 4.24. The summed E-state index contributed by atoms with van der Waals surface area (Å²) in [6, 6.07) is 0. The zero-order valence-corrected chi connectivity index (χ0v) is 8.04. The van der Waals surface area contributed by atoms with Crippen molar-refractivity contribution in [2.24, 2.45) is 0 Å². The minimum atomic E-state index is -0.205. The highest BCUT2D eigenvalue weighted by atomic mass is 16.5. The second kappa shape index (κ2) is 5.94. The summed E-state index contributed by atoms with van der Waals surface area (Å²) < 4.78 is 10.00.